The van der Waals surface area contributed by atoms with Crippen molar-refractivity contribution in [2.24, 2.45) is 0 Å². The summed E-state index contributed by atoms with van der Waals surface area (Å²) in [5, 5.41) is 8.70. The molecule has 0 saturated carbocycles. The van der Waals surface area contributed by atoms with Crippen LogP contribution in [0.3, 0.4) is 0 Å². The van der Waals surface area contributed by atoms with Gasteiger partial charge in [0, 0.05) is 25.1 Å². The summed E-state index contributed by atoms with van der Waals surface area (Å²) in [7, 11) is 1.83. The van der Waals surface area contributed by atoms with E-state index < -0.39 is 0 Å². The van der Waals surface area contributed by atoms with Crippen molar-refractivity contribution in [3.63, 3.8) is 0 Å². The molecule has 1 amide bonds. The van der Waals surface area contributed by atoms with Gasteiger partial charge < -0.3 is 10.0 Å². The average molecular weight is 267 g/mol. The molecule has 3 nitrogen and oxygen atoms in total. The Hall–Kier alpha value is -1.00. The largest absolute Gasteiger partial charge is 0.396 e. The third-order valence-corrected chi connectivity index (χ3v) is 3.63. The lowest BCUT2D eigenvalue weighted by atomic mass is 10.2. The van der Waals surface area contributed by atoms with Gasteiger partial charge in [-0.25, -0.2) is 0 Å². The summed E-state index contributed by atoms with van der Waals surface area (Å²) in [4.78, 5) is 15.0. The molecule has 1 aromatic carbocycles. The summed E-state index contributed by atoms with van der Waals surface area (Å²) in [5.41, 5.74) is 0.773. The van der Waals surface area contributed by atoms with Crippen LogP contribution >= 0.6 is 11.8 Å². The molecule has 0 aliphatic carbocycles. The molecule has 1 rings (SSSR count). The molecule has 0 heterocycles. The lowest BCUT2D eigenvalue weighted by Gasteiger charge is -2.18. The molecule has 18 heavy (non-hydrogen) atoms. The number of benzene rings is 1. The minimum Gasteiger partial charge on any atom is -0.396 e. The minimum atomic E-state index is 0.0731. The van der Waals surface area contributed by atoms with Crippen molar-refractivity contribution in [3.05, 3.63) is 29.8 Å². The molecule has 0 unspecified atom stereocenters. The van der Waals surface area contributed by atoms with E-state index in [1.165, 1.54) is 0 Å². The van der Waals surface area contributed by atoms with Gasteiger partial charge >= 0.3 is 0 Å². The number of hydrogen-bond acceptors (Lipinski definition) is 3. The van der Waals surface area contributed by atoms with E-state index in [9.17, 15) is 4.79 Å². The van der Waals surface area contributed by atoms with Gasteiger partial charge in [-0.15, -0.1) is 11.8 Å². The Bertz CT molecular complexity index is 382. The topological polar surface area (TPSA) is 40.5 Å². The highest BCUT2D eigenvalue weighted by molar-refractivity contribution is 7.98. The van der Waals surface area contributed by atoms with Crippen LogP contribution in [0.2, 0.25) is 0 Å². The van der Waals surface area contributed by atoms with Crippen LogP contribution in [-0.2, 0) is 0 Å². The maximum atomic E-state index is 12.3. The summed E-state index contributed by atoms with van der Waals surface area (Å²) in [6.07, 6.45) is 4.68. The SMILES string of the molecule is CSc1ccccc1C(=O)N(C)CCCCCO. The van der Waals surface area contributed by atoms with E-state index >= 15 is 0 Å². The summed E-state index contributed by atoms with van der Waals surface area (Å²) in [6, 6.07) is 7.69. The Morgan fingerprint density at radius 1 is 1.28 bits per heavy atom. The second kappa shape index (κ2) is 8.16. The van der Waals surface area contributed by atoms with Crippen LogP contribution in [-0.4, -0.2) is 42.4 Å². The zero-order chi connectivity index (χ0) is 13.4. The van der Waals surface area contributed by atoms with Crippen molar-refractivity contribution in [2.45, 2.75) is 24.2 Å². The molecular weight excluding hydrogens is 246 g/mol. The minimum absolute atomic E-state index is 0.0731. The highest BCUT2D eigenvalue weighted by Gasteiger charge is 2.14. The highest BCUT2D eigenvalue weighted by atomic mass is 32.2. The van der Waals surface area contributed by atoms with Gasteiger partial charge in [-0.3, -0.25) is 4.79 Å². The number of unbranched alkanes of at least 4 members (excludes halogenated alkanes) is 2. The molecule has 0 saturated heterocycles. The molecule has 4 heteroatoms. The Morgan fingerprint density at radius 3 is 2.67 bits per heavy atom. The summed E-state index contributed by atoms with van der Waals surface area (Å²) >= 11 is 1.59. The number of nitrogens with zero attached hydrogens (tertiary/aromatic N) is 1. The number of hydrogen-bond donors (Lipinski definition) is 1. The Labute approximate surface area is 113 Å². The molecule has 0 radical (unpaired) electrons. The van der Waals surface area contributed by atoms with Crippen molar-refractivity contribution < 1.29 is 9.90 Å². The Morgan fingerprint density at radius 2 is 2.00 bits per heavy atom. The predicted octanol–water partition coefficient (Wildman–Crippen LogP) is 2.64. The van der Waals surface area contributed by atoms with E-state index in [0.717, 1.165) is 36.3 Å². The number of thioether (sulfide) groups is 1. The van der Waals surface area contributed by atoms with Crippen LogP contribution in [0.25, 0.3) is 0 Å². The van der Waals surface area contributed by atoms with Crippen LogP contribution in [0, 0.1) is 0 Å². The quantitative estimate of drug-likeness (QED) is 0.610. The molecule has 1 N–H and O–H groups in total. The number of amides is 1. The first-order chi connectivity index (χ1) is 8.70. The van der Waals surface area contributed by atoms with E-state index in [1.807, 2.05) is 37.6 Å². The fourth-order valence-corrected chi connectivity index (χ4v) is 2.36. The normalized spacial score (nSPS) is 10.4. The molecule has 100 valence electrons. The lowest BCUT2D eigenvalue weighted by molar-refractivity contribution is 0.0789. The van der Waals surface area contributed by atoms with Crippen molar-refractivity contribution in [3.8, 4) is 0 Å². The third kappa shape index (κ3) is 4.35. The van der Waals surface area contributed by atoms with Gasteiger partial charge in [0.2, 0.25) is 0 Å². The first-order valence-corrected chi connectivity index (χ1v) is 7.42. The van der Waals surface area contributed by atoms with Crippen LogP contribution in [0.1, 0.15) is 29.6 Å². The second-order valence-corrected chi connectivity index (χ2v) is 5.06. The number of carbonyl (C=O) groups excluding carboxylic acids is 1. The van der Waals surface area contributed by atoms with Gasteiger partial charge in [-0.1, -0.05) is 12.1 Å². The predicted molar refractivity (Wildman–Crippen MR) is 76.1 cm³/mol. The van der Waals surface area contributed by atoms with E-state index in [0.29, 0.717) is 0 Å². The Kier molecular flexibility index (Phi) is 6.83. The summed E-state index contributed by atoms with van der Waals surface area (Å²) in [5.74, 6) is 0.0731. The van der Waals surface area contributed by atoms with Crippen molar-refractivity contribution in [2.75, 3.05) is 26.5 Å². The molecule has 0 atom stereocenters. The molecule has 0 spiro atoms. The fourth-order valence-electron chi connectivity index (χ4n) is 1.77. The van der Waals surface area contributed by atoms with E-state index in [2.05, 4.69) is 0 Å². The van der Waals surface area contributed by atoms with Crippen LogP contribution in [0.4, 0.5) is 0 Å². The van der Waals surface area contributed by atoms with Crippen LogP contribution in [0.15, 0.2) is 29.2 Å². The molecule has 1 aromatic rings. The third-order valence-electron chi connectivity index (χ3n) is 2.84. The van der Waals surface area contributed by atoms with Crippen molar-refractivity contribution >= 4 is 17.7 Å². The van der Waals surface area contributed by atoms with Crippen molar-refractivity contribution in [1.29, 1.82) is 0 Å². The van der Waals surface area contributed by atoms with Crippen LogP contribution < -0.4 is 0 Å². The smallest absolute Gasteiger partial charge is 0.254 e. The number of carbonyl (C=O) groups is 1. The van der Waals surface area contributed by atoms with E-state index in [-0.39, 0.29) is 12.5 Å². The van der Waals surface area contributed by atoms with Gasteiger partial charge in [0.15, 0.2) is 0 Å². The second-order valence-electron chi connectivity index (χ2n) is 4.21. The number of rotatable bonds is 7. The van der Waals surface area contributed by atoms with Gasteiger partial charge in [0.05, 0.1) is 5.56 Å². The van der Waals surface area contributed by atoms with Crippen LogP contribution in [0.5, 0.6) is 0 Å². The van der Waals surface area contributed by atoms with Crippen molar-refractivity contribution in [1.82, 2.24) is 4.90 Å². The molecule has 0 bridgehead atoms. The molecule has 0 aromatic heterocycles. The Balaban J connectivity index is 2.57. The van der Waals surface area contributed by atoms with Gasteiger partial charge in [0.1, 0.15) is 0 Å². The molecule has 0 aliphatic heterocycles. The highest BCUT2D eigenvalue weighted by Crippen LogP contribution is 2.21. The number of aliphatic hydroxyl groups is 1. The van der Waals surface area contributed by atoms with E-state index in [4.69, 9.17) is 5.11 Å². The number of aliphatic hydroxyl groups excluding tert-OH is 1. The average Bonchev–Trinajstić information content (AvgIpc) is 2.42. The maximum Gasteiger partial charge on any atom is 0.254 e. The van der Waals surface area contributed by atoms with Gasteiger partial charge in [-0.05, 0) is 37.7 Å². The fraction of sp³-hybridized carbons (Fsp3) is 0.500. The monoisotopic (exact) mass is 267 g/mol. The first kappa shape index (κ1) is 15.1. The zero-order valence-electron chi connectivity index (χ0n) is 11.1. The van der Waals surface area contributed by atoms with Gasteiger partial charge in [-0.2, -0.15) is 0 Å². The summed E-state index contributed by atoms with van der Waals surface area (Å²) in [6.45, 7) is 0.967. The first-order valence-electron chi connectivity index (χ1n) is 6.20. The standard InChI is InChI=1S/C14H21NO2S/c1-15(10-6-3-7-11-16)14(17)12-8-4-5-9-13(12)18-2/h4-5,8-9,16H,3,6-7,10-11H2,1-2H3. The van der Waals surface area contributed by atoms with Gasteiger partial charge in [0.25, 0.3) is 5.91 Å². The maximum absolute atomic E-state index is 12.3. The molecular formula is C14H21NO2S. The zero-order valence-corrected chi connectivity index (χ0v) is 11.9. The molecule has 0 fully saturated rings. The molecule has 0 aliphatic rings. The van der Waals surface area contributed by atoms with E-state index in [1.54, 1.807) is 16.7 Å². The summed E-state index contributed by atoms with van der Waals surface area (Å²) < 4.78 is 0. The lowest BCUT2D eigenvalue weighted by Crippen LogP contribution is -2.28.